The molecule has 0 aliphatic heterocycles. The summed E-state index contributed by atoms with van der Waals surface area (Å²) >= 11 is 6.29. The molecule has 0 radical (unpaired) electrons. The van der Waals surface area contributed by atoms with Gasteiger partial charge >= 0.3 is 0 Å². The zero-order chi connectivity index (χ0) is 17.8. The maximum absolute atomic E-state index is 6.29. The fourth-order valence-corrected chi connectivity index (χ4v) is 3.00. The van der Waals surface area contributed by atoms with Gasteiger partial charge in [-0.3, -0.25) is 0 Å². The van der Waals surface area contributed by atoms with Crippen LogP contribution in [0.15, 0.2) is 91.3 Å². The molecule has 0 saturated carbocycles. The molecule has 0 aliphatic carbocycles. The SMILES string of the molecule is Clc1ccccc1Cn1ccnc1-c1ccc(Oc2ccccc2)cc1. The van der Waals surface area contributed by atoms with Gasteiger partial charge in [-0.1, -0.05) is 48.0 Å². The molecule has 0 unspecified atom stereocenters. The molecule has 4 rings (SSSR count). The van der Waals surface area contributed by atoms with Crippen LogP contribution in [0.1, 0.15) is 5.56 Å². The average molecular weight is 361 g/mol. The van der Waals surface area contributed by atoms with Gasteiger partial charge in [0.25, 0.3) is 0 Å². The fourth-order valence-electron chi connectivity index (χ4n) is 2.80. The van der Waals surface area contributed by atoms with E-state index in [1.807, 2.05) is 85.1 Å². The van der Waals surface area contributed by atoms with Crippen molar-refractivity contribution >= 4 is 11.6 Å². The largest absolute Gasteiger partial charge is 0.457 e. The van der Waals surface area contributed by atoms with Crippen LogP contribution in [0.5, 0.6) is 11.5 Å². The summed E-state index contributed by atoms with van der Waals surface area (Å²) in [5.74, 6) is 2.51. The number of benzene rings is 3. The summed E-state index contributed by atoms with van der Waals surface area (Å²) in [7, 11) is 0. The second kappa shape index (κ2) is 7.46. The van der Waals surface area contributed by atoms with Crippen molar-refractivity contribution in [2.24, 2.45) is 0 Å². The molecule has 3 nitrogen and oxygen atoms in total. The molecule has 0 fully saturated rings. The molecule has 128 valence electrons. The Balaban J connectivity index is 1.55. The van der Waals surface area contributed by atoms with Crippen molar-refractivity contribution in [3.05, 3.63) is 102 Å². The van der Waals surface area contributed by atoms with E-state index in [-0.39, 0.29) is 0 Å². The third kappa shape index (κ3) is 3.63. The Morgan fingerprint density at radius 1 is 0.808 bits per heavy atom. The van der Waals surface area contributed by atoms with Crippen LogP contribution in [0.4, 0.5) is 0 Å². The summed E-state index contributed by atoms with van der Waals surface area (Å²) in [5, 5.41) is 0.763. The van der Waals surface area contributed by atoms with Gasteiger partial charge in [0.2, 0.25) is 0 Å². The van der Waals surface area contributed by atoms with E-state index in [4.69, 9.17) is 16.3 Å². The van der Waals surface area contributed by atoms with Gasteiger partial charge in [-0.25, -0.2) is 4.98 Å². The van der Waals surface area contributed by atoms with Crippen LogP contribution < -0.4 is 4.74 Å². The molecule has 0 bridgehead atoms. The van der Waals surface area contributed by atoms with Gasteiger partial charge in [0.05, 0.1) is 6.54 Å². The highest BCUT2D eigenvalue weighted by molar-refractivity contribution is 6.31. The minimum atomic E-state index is 0.678. The molecule has 4 aromatic rings. The van der Waals surface area contributed by atoms with E-state index in [1.165, 1.54) is 0 Å². The maximum atomic E-state index is 6.29. The average Bonchev–Trinajstić information content (AvgIpc) is 3.13. The number of para-hydroxylation sites is 1. The van der Waals surface area contributed by atoms with E-state index in [1.54, 1.807) is 6.20 Å². The van der Waals surface area contributed by atoms with Crippen molar-refractivity contribution in [1.29, 1.82) is 0 Å². The highest BCUT2D eigenvalue weighted by Crippen LogP contribution is 2.26. The molecule has 4 heteroatoms. The number of rotatable bonds is 5. The number of halogens is 1. The Morgan fingerprint density at radius 2 is 1.50 bits per heavy atom. The van der Waals surface area contributed by atoms with E-state index in [0.29, 0.717) is 6.54 Å². The van der Waals surface area contributed by atoms with Crippen LogP contribution in [0.2, 0.25) is 5.02 Å². The van der Waals surface area contributed by atoms with E-state index < -0.39 is 0 Å². The van der Waals surface area contributed by atoms with E-state index in [9.17, 15) is 0 Å². The summed E-state index contributed by atoms with van der Waals surface area (Å²) in [6, 6.07) is 25.6. The second-order valence-corrected chi connectivity index (χ2v) is 6.32. The monoisotopic (exact) mass is 360 g/mol. The van der Waals surface area contributed by atoms with Crippen molar-refractivity contribution in [1.82, 2.24) is 9.55 Å². The predicted octanol–water partition coefficient (Wildman–Crippen LogP) is 6.04. The highest BCUT2D eigenvalue weighted by Gasteiger charge is 2.08. The minimum absolute atomic E-state index is 0.678. The first-order chi connectivity index (χ1) is 12.8. The Bertz CT molecular complexity index is 994. The van der Waals surface area contributed by atoms with E-state index >= 15 is 0 Å². The third-order valence-electron chi connectivity index (χ3n) is 4.11. The second-order valence-electron chi connectivity index (χ2n) is 5.91. The van der Waals surface area contributed by atoms with Crippen molar-refractivity contribution in [3.8, 4) is 22.9 Å². The molecule has 0 aliphatic rings. The first-order valence-electron chi connectivity index (χ1n) is 8.37. The first-order valence-corrected chi connectivity index (χ1v) is 8.75. The third-order valence-corrected chi connectivity index (χ3v) is 4.47. The molecule has 3 aromatic carbocycles. The van der Waals surface area contributed by atoms with Gasteiger partial charge in [0, 0.05) is 23.0 Å². The molecule has 0 saturated heterocycles. The molecular formula is C22H17ClN2O. The van der Waals surface area contributed by atoms with Gasteiger partial charge in [-0.05, 0) is 48.0 Å². The molecular weight excluding hydrogens is 344 g/mol. The summed E-state index contributed by atoms with van der Waals surface area (Å²) in [5.41, 5.74) is 2.10. The number of ether oxygens (including phenoxy) is 1. The molecule has 0 N–H and O–H groups in total. The predicted molar refractivity (Wildman–Crippen MR) is 105 cm³/mol. The number of hydrogen-bond donors (Lipinski definition) is 0. The van der Waals surface area contributed by atoms with Crippen LogP contribution >= 0.6 is 11.6 Å². The Hall–Kier alpha value is -3.04. The quantitative estimate of drug-likeness (QED) is 0.433. The summed E-state index contributed by atoms with van der Waals surface area (Å²) in [4.78, 5) is 4.50. The molecule has 0 amide bonds. The van der Waals surface area contributed by atoms with Crippen LogP contribution in [0, 0.1) is 0 Å². The Labute approximate surface area is 157 Å². The lowest BCUT2D eigenvalue weighted by molar-refractivity contribution is 0.483. The maximum Gasteiger partial charge on any atom is 0.140 e. The van der Waals surface area contributed by atoms with E-state index in [2.05, 4.69) is 9.55 Å². The normalized spacial score (nSPS) is 10.7. The standard InChI is InChI=1S/C22H17ClN2O/c23-21-9-5-4-6-18(21)16-25-15-14-24-22(25)17-10-12-20(13-11-17)26-19-7-2-1-3-8-19/h1-15H,16H2. The number of imidazole rings is 1. The molecule has 26 heavy (non-hydrogen) atoms. The summed E-state index contributed by atoms with van der Waals surface area (Å²) < 4.78 is 7.94. The van der Waals surface area contributed by atoms with Crippen molar-refractivity contribution < 1.29 is 4.74 Å². The smallest absolute Gasteiger partial charge is 0.140 e. The Morgan fingerprint density at radius 3 is 2.27 bits per heavy atom. The lowest BCUT2D eigenvalue weighted by Gasteiger charge is -2.10. The molecule has 1 aromatic heterocycles. The molecule has 1 heterocycles. The zero-order valence-corrected chi connectivity index (χ0v) is 14.8. The fraction of sp³-hybridized carbons (Fsp3) is 0.0455. The summed E-state index contributed by atoms with van der Waals surface area (Å²) in [6.07, 6.45) is 3.77. The lowest BCUT2D eigenvalue weighted by Crippen LogP contribution is -2.01. The number of hydrogen-bond acceptors (Lipinski definition) is 2. The highest BCUT2D eigenvalue weighted by atomic mass is 35.5. The first kappa shape index (κ1) is 16.4. The van der Waals surface area contributed by atoms with Crippen molar-refractivity contribution in [3.63, 3.8) is 0 Å². The minimum Gasteiger partial charge on any atom is -0.457 e. The number of nitrogens with zero attached hydrogens (tertiary/aromatic N) is 2. The van der Waals surface area contributed by atoms with Crippen molar-refractivity contribution in [2.75, 3.05) is 0 Å². The van der Waals surface area contributed by atoms with Gasteiger partial charge in [-0.15, -0.1) is 0 Å². The molecule has 0 atom stereocenters. The molecule has 0 spiro atoms. The zero-order valence-electron chi connectivity index (χ0n) is 14.0. The summed E-state index contributed by atoms with van der Waals surface area (Å²) in [6.45, 7) is 0.678. The Kier molecular flexibility index (Phi) is 4.71. The van der Waals surface area contributed by atoms with Gasteiger partial charge < -0.3 is 9.30 Å². The van der Waals surface area contributed by atoms with Crippen molar-refractivity contribution in [2.45, 2.75) is 6.54 Å². The van der Waals surface area contributed by atoms with Crippen LogP contribution in [0.3, 0.4) is 0 Å². The van der Waals surface area contributed by atoms with E-state index in [0.717, 1.165) is 33.5 Å². The van der Waals surface area contributed by atoms with Gasteiger partial charge in [0.15, 0.2) is 0 Å². The van der Waals surface area contributed by atoms with Gasteiger partial charge in [-0.2, -0.15) is 0 Å². The number of aromatic nitrogens is 2. The topological polar surface area (TPSA) is 27.1 Å². The van der Waals surface area contributed by atoms with Crippen LogP contribution in [0.25, 0.3) is 11.4 Å². The lowest BCUT2D eigenvalue weighted by atomic mass is 10.2. The van der Waals surface area contributed by atoms with Gasteiger partial charge in [0.1, 0.15) is 17.3 Å². The van der Waals surface area contributed by atoms with Crippen LogP contribution in [-0.4, -0.2) is 9.55 Å². The van der Waals surface area contributed by atoms with Crippen LogP contribution in [-0.2, 0) is 6.54 Å².